The SMILES string of the molecule is CCOc1cc2[nH]c(=O)c(/N=N/c3n[nH]c(C(C)(C)C)c3C#N)c(OCC)n2n1. The Morgan fingerprint density at radius 2 is 1.97 bits per heavy atom. The number of aromatic amines is 2. The molecule has 0 aliphatic rings. The highest BCUT2D eigenvalue weighted by Gasteiger charge is 2.24. The van der Waals surface area contributed by atoms with Crippen LogP contribution in [0, 0.1) is 11.3 Å². The smallest absolute Gasteiger partial charge is 0.283 e. The summed E-state index contributed by atoms with van der Waals surface area (Å²) in [7, 11) is 0. The van der Waals surface area contributed by atoms with Gasteiger partial charge in [0, 0.05) is 11.5 Å². The molecule has 0 aliphatic heterocycles. The topological polar surface area (TPSA) is 146 Å². The van der Waals surface area contributed by atoms with E-state index in [2.05, 4.69) is 36.6 Å². The van der Waals surface area contributed by atoms with Crippen molar-refractivity contribution in [2.45, 2.75) is 40.0 Å². The largest absolute Gasteiger partial charge is 0.477 e. The molecule has 3 heterocycles. The fourth-order valence-corrected chi connectivity index (χ4v) is 2.70. The second kappa shape index (κ2) is 7.75. The lowest BCUT2D eigenvalue weighted by atomic mass is 9.90. The molecule has 152 valence electrons. The molecule has 29 heavy (non-hydrogen) atoms. The van der Waals surface area contributed by atoms with Crippen molar-refractivity contribution < 1.29 is 9.47 Å². The number of nitrogens with zero attached hydrogens (tertiary/aromatic N) is 6. The van der Waals surface area contributed by atoms with Gasteiger partial charge in [0.25, 0.3) is 11.4 Å². The molecule has 0 fully saturated rings. The van der Waals surface area contributed by atoms with Crippen molar-refractivity contribution in [1.82, 2.24) is 24.8 Å². The molecule has 2 N–H and O–H groups in total. The molecule has 11 heteroatoms. The highest BCUT2D eigenvalue weighted by molar-refractivity contribution is 5.56. The van der Waals surface area contributed by atoms with E-state index in [9.17, 15) is 10.1 Å². The summed E-state index contributed by atoms with van der Waals surface area (Å²) in [5.41, 5.74) is 0.371. The molecular formula is C18H22N8O3. The summed E-state index contributed by atoms with van der Waals surface area (Å²) in [5.74, 6) is 0.549. The zero-order valence-electron chi connectivity index (χ0n) is 16.9. The van der Waals surface area contributed by atoms with Crippen LogP contribution in [0.1, 0.15) is 45.9 Å². The van der Waals surface area contributed by atoms with Gasteiger partial charge in [-0.15, -0.1) is 15.3 Å². The van der Waals surface area contributed by atoms with Gasteiger partial charge in [-0.3, -0.25) is 9.89 Å². The first-order valence-electron chi connectivity index (χ1n) is 9.12. The number of azo groups is 1. The van der Waals surface area contributed by atoms with E-state index in [4.69, 9.17) is 9.47 Å². The molecule has 3 rings (SSSR count). The van der Waals surface area contributed by atoms with Crippen LogP contribution in [0.25, 0.3) is 5.65 Å². The van der Waals surface area contributed by atoms with Crippen molar-refractivity contribution in [2.75, 3.05) is 13.2 Å². The van der Waals surface area contributed by atoms with Crippen molar-refractivity contribution in [2.24, 2.45) is 10.2 Å². The summed E-state index contributed by atoms with van der Waals surface area (Å²) in [6.07, 6.45) is 0. The first-order valence-corrected chi connectivity index (χ1v) is 9.12. The molecule has 0 radical (unpaired) electrons. The minimum absolute atomic E-state index is 0.0882. The van der Waals surface area contributed by atoms with E-state index < -0.39 is 5.56 Å². The number of hydrogen-bond acceptors (Lipinski definition) is 8. The van der Waals surface area contributed by atoms with Gasteiger partial charge in [0.05, 0.1) is 18.9 Å². The molecular weight excluding hydrogens is 376 g/mol. The highest BCUT2D eigenvalue weighted by atomic mass is 16.5. The van der Waals surface area contributed by atoms with Gasteiger partial charge in [0.2, 0.25) is 17.4 Å². The standard InChI is InChI=1S/C18H22N8O3/c1-6-28-12-8-11-20-16(27)13(17(29-7-2)26(11)25-12)21-23-15-10(9-19)14(22-24-15)18(3,4)5/h8H,6-7H2,1-5H3,(H,20,27)(H,22,24)/b23-21+. The van der Waals surface area contributed by atoms with Gasteiger partial charge in [0.15, 0.2) is 0 Å². The van der Waals surface area contributed by atoms with Gasteiger partial charge < -0.3 is 14.5 Å². The van der Waals surface area contributed by atoms with Crippen LogP contribution in [0.2, 0.25) is 0 Å². The van der Waals surface area contributed by atoms with Crippen LogP contribution in [-0.4, -0.2) is 38.0 Å². The van der Waals surface area contributed by atoms with Crippen molar-refractivity contribution in [1.29, 1.82) is 5.26 Å². The number of H-pyrrole nitrogens is 2. The average Bonchev–Trinajstić information content (AvgIpc) is 3.24. The molecule has 0 aromatic carbocycles. The van der Waals surface area contributed by atoms with Gasteiger partial charge in [-0.2, -0.15) is 14.9 Å². The van der Waals surface area contributed by atoms with Crippen LogP contribution in [0.5, 0.6) is 11.8 Å². The Morgan fingerprint density at radius 1 is 1.24 bits per heavy atom. The lowest BCUT2D eigenvalue weighted by molar-refractivity contribution is 0.306. The first kappa shape index (κ1) is 20.1. The van der Waals surface area contributed by atoms with E-state index in [1.165, 1.54) is 4.52 Å². The van der Waals surface area contributed by atoms with Crippen molar-refractivity contribution in [3.05, 3.63) is 27.7 Å². The maximum Gasteiger partial charge on any atom is 0.283 e. The van der Waals surface area contributed by atoms with Gasteiger partial charge >= 0.3 is 0 Å². The van der Waals surface area contributed by atoms with Crippen molar-refractivity contribution in [3.8, 4) is 17.8 Å². The maximum absolute atomic E-state index is 12.6. The number of nitriles is 1. The zero-order chi connectivity index (χ0) is 21.2. The molecule has 0 spiro atoms. The third kappa shape index (κ3) is 3.82. The summed E-state index contributed by atoms with van der Waals surface area (Å²) in [4.78, 5) is 15.2. The van der Waals surface area contributed by atoms with Crippen LogP contribution < -0.4 is 15.0 Å². The summed E-state index contributed by atoms with van der Waals surface area (Å²) in [6.45, 7) is 10.2. The molecule has 3 aromatic heterocycles. The summed E-state index contributed by atoms with van der Waals surface area (Å²) < 4.78 is 12.4. The first-order chi connectivity index (χ1) is 13.8. The van der Waals surface area contributed by atoms with Crippen molar-refractivity contribution in [3.63, 3.8) is 0 Å². The molecule has 3 aromatic rings. The summed E-state index contributed by atoms with van der Waals surface area (Å²) >= 11 is 0. The number of nitrogens with one attached hydrogen (secondary N) is 2. The van der Waals surface area contributed by atoms with E-state index in [-0.39, 0.29) is 35.0 Å². The lowest BCUT2D eigenvalue weighted by Crippen LogP contribution is -2.13. The molecule has 0 amide bonds. The Labute approximate surface area is 166 Å². The van der Waals surface area contributed by atoms with Gasteiger partial charge in [-0.1, -0.05) is 20.8 Å². The second-order valence-electron chi connectivity index (χ2n) is 7.11. The third-order valence-corrected chi connectivity index (χ3v) is 3.97. The van der Waals surface area contributed by atoms with Gasteiger partial charge in [0.1, 0.15) is 17.3 Å². The predicted octanol–water partition coefficient (Wildman–Crippen LogP) is 3.13. The minimum atomic E-state index is -0.516. The number of ether oxygens (including phenoxy) is 2. The van der Waals surface area contributed by atoms with E-state index in [0.717, 1.165) is 0 Å². The quantitative estimate of drug-likeness (QED) is 0.610. The van der Waals surface area contributed by atoms with Crippen molar-refractivity contribution >= 4 is 17.2 Å². The highest BCUT2D eigenvalue weighted by Crippen LogP contribution is 2.31. The Balaban J connectivity index is 2.12. The van der Waals surface area contributed by atoms with E-state index in [0.29, 0.717) is 23.8 Å². The molecule has 0 bridgehead atoms. The fourth-order valence-electron chi connectivity index (χ4n) is 2.70. The third-order valence-electron chi connectivity index (χ3n) is 3.97. The van der Waals surface area contributed by atoms with E-state index >= 15 is 0 Å². The van der Waals surface area contributed by atoms with Crippen LogP contribution in [0.4, 0.5) is 11.5 Å². The molecule has 0 unspecified atom stereocenters. The fraction of sp³-hybridized carbons (Fsp3) is 0.444. The van der Waals surface area contributed by atoms with Gasteiger partial charge in [-0.25, -0.2) is 0 Å². The molecule has 0 aliphatic carbocycles. The van der Waals surface area contributed by atoms with Crippen LogP contribution in [-0.2, 0) is 5.41 Å². The zero-order valence-corrected chi connectivity index (χ0v) is 16.9. The Hall–Kier alpha value is -3.68. The molecule has 0 saturated carbocycles. The minimum Gasteiger partial charge on any atom is -0.477 e. The molecule has 11 nitrogen and oxygen atoms in total. The van der Waals surface area contributed by atoms with Gasteiger partial charge in [-0.05, 0) is 13.8 Å². The molecule has 0 saturated heterocycles. The average molecular weight is 398 g/mol. The van der Waals surface area contributed by atoms with Crippen LogP contribution in [0.3, 0.4) is 0 Å². The Bertz CT molecular complexity index is 1160. The lowest BCUT2D eigenvalue weighted by Gasteiger charge is -2.15. The van der Waals surface area contributed by atoms with E-state index in [1.54, 1.807) is 13.0 Å². The summed E-state index contributed by atoms with van der Waals surface area (Å²) in [6, 6.07) is 3.68. The second-order valence-corrected chi connectivity index (χ2v) is 7.11. The predicted molar refractivity (Wildman–Crippen MR) is 104 cm³/mol. The van der Waals surface area contributed by atoms with E-state index in [1.807, 2.05) is 27.7 Å². The normalized spacial score (nSPS) is 11.9. The van der Waals surface area contributed by atoms with Crippen LogP contribution >= 0.6 is 0 Å². The van der Waals surface area contributed by atoms with Crippen LogP contribution in [0.15, 0.2) is 21.1 Å². The number of rotatable bonds is 6. The number of hydrogen-bond donors (Lipinski definition) is 2. The number of fused-ring (bicyclic) bond motifs is 1. The Kier molecular flexibility index (Phi) is 5.36. The number of aromatic nitrogens is 5. The monoisotopic (exact) mass is 398 g/mol. The Morgan fingerprint density at radius 3 is 2.59 bits per heavy atom. The maximum atomic E-state index is 12.6. The molecule has 0 atom stereocenters. The summed E-state index contributed by atoms with van der Waals surface area (Å²) in [5, 5.41) is 28.7.